The summed E-state index contributed by atoms with van der Waals surface area (Å²) in [4.78, 5) is 20.9. The van der Waals surface area contributed by atoms with Crippen molar-refractivity contribution >= 4 is 17.4 Å². The lowest BCUT2D eigenvalue weighted by molar-refractivity contribution is 0.0738. The zero-order valence-electron chi connectivity index (χ0n) is 17.4. The van der Waals surface area contributed by atoms with Crippen LogP contribution >= 0.6 is 0 Å². The van der Waals surface area contributed by atoms with Gasteiger partial charge in [-0.3, -0.25) is 4.79 Å². The summed E-state index contributed by atoms with van der Waals surface area (Å²) < 4.78 is 29.9. The van der Waals surface area contributed by atoms with Gasteiger partial charge in [-0.05, 0) is 48.4 Å². The molecule has 0 aliphatic carbocycles. The maximum Gasteiger partial charge on any atom is 0.256 e. The Morgan fingerprint density at radius 2 is 1.94 bits per heavy atom. The van der Waals surface area contributed by atoms with Crippen LogP contribution in [0.15, 0.2) is 73.1 Å². The Labute approximate surface area is 183 Å². The van der Waals surface area contributed by atoms with E-state index in [9.17, 15) is 13.6 Å². The summed E-state index contributed by atoms with van der Waals surface area (Å²) in [6, 6.07) is 15.8. The molecule has 5 rings (SSSR count). The fourth-order valence-corrected chi connectivity index (χ4v) is 4.33. The highest BCUT2D eigenvalue weighted by Crippen LogP contribution is 2.37. The highest BCUT2D eigenvalue weighted by molar-refractivity contribution is 5.94. The number of imidazole rings is 1. The molecular weight excluding hydrogens is 412 g/mol. The highest BCUT2D eigenvalue weighted by Gasteiger charge is 2.38. The molecule has 0 saturated carbocycles. The molecular formula is C24H21F2N5O. The van der Waals surface area contributed by atoms with Gasteiger partial charge >= 0.3 is 0 Å². The van der Waals surface area contributed by atoms with Crippen LogP contribution in [0.4, 0.5) is 14.6 Å². The Kier molecular flexibility index (Phi) is 5.05. The number of anilines is 1. The molecule has 0 bridgehead atoms. The number of carbonyl (C=O) groups is 1. The number of hydrogen-bond acceptors (Lipinski definition) is 4. The number of aromatic nitrogens is 3. The molecule has 0 unspecified atom stereocenters. The van der Waals surface area contributed by atoms with Crippen LogP contribution in [-0.4, -0.2) is 45.0 Å². The van der Waals surface area contributed by atoms with Crippen molar-refractivity contribution in [2.24, 2.45) is 0 Å². The molecule has 2 aromatic carbocycles. The molecule has 0 radical (unpaired) electrons. The highest BCUT2D eigenvalue weighted by atomic mass is 19.1. The fourth-order valence-electron chi connectivity index (χ4n) is 4.33. The largest absolute Gasteiger partial charge is 0.346 e. The summed E-state index contributed by atoms with van der Waals surface area (Å²) in [5.74, 6) is -0.558. The number of benzene rings is 2. The van der Waals surface area contributed by atoms with Crippen LogP contribution < -0.4 is 4.90 Å². The molecule has 32 heavy (non-hydrogen) atoms. The van der Waals surface area contributed by atoms with Crippen molar-refractivity contribution in [2.75, 3.05) is 18.5 Å². The first-order valence-corrected chi connectivity index (χ1v) is 10.4. The van der Waals surface area contributed by atoms with Gasteiger partial charge in [0.25, 0.3) is 5.91 Å². The van der Waals surface area contributed by atoms with Crippen molar-refractivity contribution in [3.63, 3.8) is 0 Å². The summed E-state index contributed by atoms with van der Waals surface area (Å²) in [7, 11) is 1.68. The third-order valence-corrected chi connectivity index (χ3v) is 6.02. The van der Waals surface area contributed by atoms with Crippen LogP contribution in [0.1, 0.15) is 28.4 Å². The smallest absolute Gasteiger partial charge is 0.256 e. The van der Waals surface area contributed by atoms with Crippen LogP contribution in [0.3, 0.4) is 0 Å². The van der Waals surface area contributed by atoms with E-state index in [4.69, 9.17) is 0 Å². The van der Waals surface area contributed by atoms with E-state index < -0.39 is 5.82 Å². The van der Waals surface area contributed by atoms with Crippen LogP contribution in [0, 0.1) is 11.6 Å². The maximum atomic E-state index is 14.2. The van der Waals surface area contributed by atoms with Crippen molar-refractivity contribution < 1.29 is 13.6 Å². The Bertz CT molecular complexity index is 1290. The van der Waals surface area contributed by atoms with E-state index >= 15 is 0 Å². The second kappa shape index (κ2) is 8.03. The summed E-state index contributed by atoms with van der Waals surface area (Å²) in [6.45, 7) is 0.477. The summed E-state index contributed by atoms with van der Waals surface area (Å²) in [5.41, 5.74) is 1.55. The average Bonchev–Trinajstić information content (AvgIpc) is 3.45. The molecule has 1 fully saturated rings. The normalized spacial score (nSPS) is 18.3. The van der Waals surface area contributed by atoms with E-state index in [1.165, 1.54) is 24.3 Å². The average molecular weight is 433 g/mol. The molecule has 1 aliphatic heterocycles. The zero-order valence-corrected chi connectivity index (χ0v) is 17.4. The molecule has 162 valence electrons. The molecule has 3 heterocycles. The van der Waals surface area contributed by atoms with E-state index in [0.717, 1.165) is 11.2 Å². The van der Waals surface area contributed by atoms with Gasteiger partial charge in [0.05, 0.1) is 17.6 Å². The molecule has 4 aromatic rings. The van der Waals surface area contributed by atoms with Crippen LogP contribution in [-0.2, 0) is 0 Å². The number of nitrogens with zero attached hydrogens (tertiary/aromatic N) is 5. The quantitative estimate of drug-likeness (QED) is 0.486. The van der Waals surface area contributed by atoms with E-state index in [-0.39, 0.29) is 29.4 Å². The molecule has 6 nitrogen and oxygen atoms in total. The van der Waals surface area contributed by atoms with Crippen molar-refractivity contribution in [2.45, 2.75) is 18.5 Å². The minimum absolute atomic E-state index is 0.0358. The molecule has 8 heteroatoms. The Balaban J connectivity index is 1.49. The monoisotopic (exact) mass is 433 g/mol. The molecule has 2 aromatic heterocycles. The number of fused-ring (bicyclic) bond motifs is 1. The molecule has 1 amide bonds. The standard InChI is InChI=1S/C24H21F2N5O/c1-29(24(32)19-7-2-3-8-20(19)26)18-14-21(16-5-4-6-17(25)13-16)30(15-18)23-10-9-22-27-11-12-31(22)28-23/h2-13,18,21H,14-15H2,1H3/t18-,21+/m0/s1. The van der Waals surface area contributed by atoms with Gasteiger partial charge in [0.1, 0.15) is 17.5 Å². The first-order chi connectivity index (χ1) is 15.5. The number of hydrogen-bond donors (Lipinski definition) is 0. The lowest BCUT2D eigenvalue weighted by Crippen LogP contribution is -2.39. The third-order valence-electron chi connectivity index (χ3n) is 6.02. The molecule has 0 spiro atoms. The maximum absolute atomic E-state index is 14.2. The summed E-state index contributed by atoms with van der Waals surface area (Å²) >= 11 is 0. The van der Waals surface area contributed by atoms with Gasteiger partial charge in [-0.2, -0.15) is 0 Å². The van der Waals surface area contributed by atoms with Crippen LogP contribution in [0.5, 0.6) is 0 Å². The van der Waals surface area contributed by atoms with Gasteiger partial charge in [-0.1, -0.05) is 24.3 Å². The summed E-state index contributed by atoms with van der Waals surface area (Å²) in [5, 5.41) is 4.65. The second-order valence-electron chi connectivity index (χ2n) is 7.93. The molecule has 0 N–H and O–H groups in total. The number of likely N-dealkylation sites (N-methyl/N-ethyl adjacent to an activating group) is 1. The first-order valence-electron chi connectivity index (χ1n) is 10.4. The number of amides is 1. The van der Waals surface area contributed by atoms with E-state index in [2.05, 4.69) is 15.0 Å². The fraction of sp³-hybridized carbons (Fsp3) is 0.208. The van der Waals surface area contributed by atoms with Gasteiger partial charge in [0.15, 0.2) is 5.65 Å². The van der Waals surface area contributed by atoms with Gasteiger partial charge < -0.3 is 9.80 Å². The minimum Gasteiger partial charge on any atom is -0.346 e. The number of halogens is 2. The van der Waals surface area contributed by atoms with Crippen molar-refractivity contribution in [1.82, 2.24) is 19.5 Å². The predicted molar refractivity (Wildman–Crippen MR) is 116 cm³/mol. The van der Waals surface area contributed by atoms with Crippen LogP contribution in [0.25, 0.3) is 5.65 Å². The zero-order chi connectivity index (χ0) is 22.2. The molecule has 1 aliphatic rings. The SMILES string of the molecule is CN(C(=O)c1ccccc1F)[C@H]1C[C@H](c2cccc(F)c2)N(c2ccc3nccn3n2)C1. The number of carbonyl (C=O) groups excluding carboxylic acids is 1. The number of rotatable bonds is 4. The summed E-state index contributed by atoms with van der Waals surface area (Å²) in [6.07, 6.45) is 3.99. The van der Waals surface area contributed by atoms with Crippen molar-refractivity contribution in [3.05, 3.63) is 95.8 Å². The second-order valence-corrected chi connectivity index (χ2v) is 7.93. The lowest BCUT2D eigenvalue weighted by Gasteiger charge is -2.26. The third kappa shape index (κ3) is 3.57. The topological polar surface area (TPSA) is 53.7 Å². The van der Waals surface area contributed by atoms with E-state index in [1.807, 2.05) is 18.2 Å². The van der Waals surface area contributed by atoms with Crippen molar-refractivity contribution in [1.29, 1.82) is 0 Å². The van der Waals surface area contributed by atoms with Crippen LogP contribution in [0.2, 0.25) is 0 Å². The van der Waals surface area contributed by atoms with Gasteiger partial charge in [-0.25, -0.2) is 18.3 Å². The predicted octanol–water partition coefficient (Wildman–Crippen LogP) is 4.10. The van der Waals surface area contributed by atoms with E-state index in [1.54, 1.807) is 47.1 Å². The Morgan fingerprint density at radius 3 is 2.75 bits per heavy atom. The Morgan fingerprint density at radius 1 is 1.09 bits per heavy atom. The molecule has 1 saturated heterocycles. The Hall–Kier alpha value is -3.81. The van der Waals surface area contributed by atoms with Crippen molar-refractivity contribution in [3.8, 4) is 0 Å². The minimum atomic E-state index is -0.548. The molecule has 2 atom stereocenters. The first kappa shape index (κ1) is 20.1. The van der Waals surface area contributed by atoms with Gasteiger partial charge in [0.2, 0.25) is 0 Å². The van der Waals surface area contributed by atoms with E-state index in [0.29, 0.717) is 18.8 Å². The lowest BCUT2D eigenvalue weighted by atomic mass is 10.0. The van der Waals surface area contributed by atoms with Gasteiger partial charge in [0, 0.05) is 26.0 Å². The van der Waals surface area contributed by atoms with Gasteiger partial charge in [-0.15, -0.1) is 5.10 Å².